The molecule has 1 aliphatic rings. The van der Waals surface area contributed by atoms with Crippen LogP contribution in [0.3, 0.4) is 0 Å². The minimum atomic E-state index is -0.669. The number of esters is 1. The minimum absolute atomic E-state index is 0.0540. The minimum Gasteiger partial charge on any atom is -0.483 e. The number of carbonyl (C=O) groups is 2. The number of thiocarbonyl (C=S) groups is 1. The molecule has 0 unspecified atom stereocenters. The predicted octanol–water partition coefficient (Wildman–Crippen LogP) is 3.81. The van der Waals surface area contributed by atoms with Gasteiger partial charge in [0.2, 0.25) is 5.75 Å². The van der Waals surface area contributed by atoms with Crippen molar-refractivity contribution >= 4 is 57.0 Å². The fourth-order valence-electron chi connectivity index (χ4n) is 3.71. The third kappa shape index (κ3) is 7.64. The van der Waals surface area contributed by atoms with Gasteiger partial charge in [-0.05, 0) is 54.1 Å². The summed E-state index contributed by atoms with van der Waals surface area (Å²) in [4.78, 5) is 36.0. The normalized spacial score (nSPS) is 14.7. The second-order valence-electron chi connectivity index (χ2n) is 8.12. The summed E-state index contributed by atoms with van der Waals surface area (Å²) in [6.07, 6.45) is 2.72. The molecule has 0 aliphatic carbocycles. The predicted molar refractivity (Wildman–Crippen MR) is 155 cm³/mol. The van der Waals surface area contributed by atoms with Crippen molar-refractivity contribution < 1.29 is 28.7 Å². The van der Waals surface area contributed by atoms with E-state index in [-0.39, 0.29) is 24.7 Å². The molecule has 0 spiro atoms. The van der Waals surface area contributed by atoms with E-state index in [4.69, 9.17) is 26.4 Å². The van der Waals surface area contributed by atoms with E-state index in [1.54, 1.807) is 44.2 Å². The number of carbonyl (C=O) groups excluding carboxylic acids is 2. The number of benzene rings is 2. The lowest BCUT2D eigenvalue weighted by Gasteiger charge is -2.30. The first-order chi connectivity index (χ1) is 19.2. The molecule has 1 heterocycles. The van der Waals surface area contributed by atoms with Crippen molar-refractivity contribution in [1.82, 2.24) is 16.1 Å². The summed E-state index contributed by atoms with van der Waals surface area (Å²) >= 11 is 8.53. The highest BCUT2D eigenvalue weighted by molar-refractivity contribution is 9.10. The number of hydrogen-bond donors (Lipinski definition) is 3. The summed E-state index contributed by atoms with van der Waals surface area (Å²) in [5.41, 5.74) is 3.84. The summed E-state index contributed by atoms with van der Waals surface area (Å²) < 4.78 is 16.7. The van der Waals surface area contributed by atoms with E-state index in [0.717, 1.165) is 0 Å². The summed E-state index contributed by atoms with van der Waals surface area (Å²) in [6.45, 7) is 6.84. The smallest absolute Gasteiger partial charge is 0.338 e. The number of nitrogens with zero attached hydrogens (tertiary/aromatic N) is 2. The summed E-state index contributed by atoms with van der Waals surface area (Å²) in [5, 5.41) is 21.6. The molecule has 0 radical (unpaired) electrons. The number of rotatable bonds is 12. The fourth-order valence-corrected chi connectivity index (χ4v) is 4.56. The summed E-state index contributed by atoms with van der Waals surface area (Å²) in [5.74, 6) is -0.704. The summed E-state index contributed by atoms with van der Waals surface area (Å²) in [7, 11) is 0. The fraction of sp³-hybridized carbons (Fsp3) is 0.231. The quantitative estimate of drug-likeness (QED) is 0.0787. The first kappa shape index (κ1) is 30.2. The van der Waals surface area contributed by atoms with Gasteiger partial charge < -0.3 is 24.8 Å². The Kier molecular flexibility index (Phi) is 10.7. The number of ether oxygens (including phenoxy) is 3. The van der Waals surface area contributed by atoms with Crippen molar-refractivity contribution in [1.29, 1.82) is 0 Å². The Balaban J connectivity index is 1.71. The van der Waals surface area contributed by atoms with E-state index in [2.05, 4.69) is 43.7 Å². The molecule has 40 heavy (non-hydrogen) atoms. The van der Waals surface area contributed by atoms with Crippen LogP contribution in [0.1, 0.15) is 31.0 Å². The van der Waals surface area contributed by atoms with Gasteiger partial charge in [0.25, 0.3) is 5.91 Å². The van der Waals surface area contributed by atoms with E-state index < -0.39 is 29.4 Å². The van der Waals surface area contributed by atoms with Crippen LogP contribution in [-0.2, 0) is 14.3 Å². The largest absolute Gasteiger partial charge is 0.483 e. The maximum atomic E-state index is 12.7. The lowest BCUT2D eigenvalue weighted by Crippen LogP contribution is -2.45. The Bertz CT molecular complexity index is 1400. The molecule has 0 saturated carbocycles. The highest BCUT2D eigenvalue weighted by Crippen LogP contribution is 2.36. The molecule has 0 saturated heterocycles. The molecule has 3 N–H and O–H groups in total. The van der Waals surface area contributed by atoms with E-state index in [1.807, 2.05) is 0 Å². The molecular formula is C26H26BrN5O7S. The van der Waals surface area contributed by atoms with Gasteiger partial charge in [-0.2, -0.15) is 5.10 Å². The SMILES string of the molecule is C=CCOc1c(Br)cc(C=NNC(=O)COc2ccccc2[C@@H]2NC(=S)NC(C)=C2C(=O)OCC)cc1[N+](=O)[O-]. The van der Waals surface area contributed by atoms with Crippen LogP contribution in [0.15, 0.2) is 69.9 Å². The molecule has 210 valence electrons. The van der Waals surface area contributed by atoms with E-state index >= 15 is 0 Å². The molecule has 0 aromatic heterocycles. The Morgan fingerprint density at radius 2 is 2.05 bits per heavy atom. The van der Waals surface area contributed by atoms with Crippen LogP contribution < -0.4 is 25.5 Å². The van der Waals surface area contributed by atoms with Crippen LogP contribution in [0.25, 0.3) is 0 Å². The van der Waals surface area contributed by atoms with Crippen molar-refractivity contribution in [3.63, 3.8) is 0 Å². The number of hydrogen-bond acceptors (Lipinski definition) is 9. The highest BCUT2D eigenvalue weighted by Gasteiger charge is 2.32. The second-order valence-corrected chi connectivity index (χ2v) is 9.38. The maximum Gasteiger partial charge on any atom is 0.338 e. The van der Waals surface area contributed by atoms with Crippen molar-refractivity contribution in [3.05, 3.63) is 86.0 Å². The second kappa shape index (κ2) is 14.2. The van der Waals surface area contributed by atoms with Gasteiger partial charge in [0.1, 0.15) is 12.4 Å². The zero-order valence-electron chi connectivity index (χ0n) is 21.6. The maximum absolute atomic E-state index is 12.7. The monoisotopic (exact) mass is 631 g/mol. The Labute approximate surface area is 243 Å². The molecule has 2 aromatic carbocycles. The Morgan fingerprint density at radius 3 is 2.75 bits per heavy atom. The molecule has 0 fully saturated rings. The molecule has 3 rings (SSSR count). The number of nitro benzene ring substituents is 1. The van der Waals surface area contributed by atoms with Gasteiger partial charge in [0.05, 0.1) is 33.8 Å². The van der Waals surface area contributed by atoms with Gasteiger partial charge in [0.15, 0.2) is 11.7 Å². The standard InChI is InChI=1S/C26H26BrN5O7S/c1-4-10-38-24-18(27)11-16(12-19(24)32(35)36)13-28-31-21(33)14-39-20-9-7-6-8-17(20)23-22(25(34)37-5-2)15(3)29-26(40)30-23/h4,6-9,11-13,23H,1,5,10,14H2,2-3H3,(H,31,33)(H2,29,30,40)/t23-/m0/s1. The lowest BCUT2D eigenvalue weighted by atomic mass is 9.95. The lowest BCUT2D eigenvalue weighted by molar-refractivity contribution is -0.385. The highest BCUT2D eigenvalue weighted by atomic mass is 79.9. The van der Waals surface area contributed by atoms with Crippen LogP contribution in [0.5, 0.6) is 11.5 Å². The van der Waals surface area contributed by atoms with Gasteiger partial charge in [-0.25, -0.2) is 10.2 Å². The molecule has 1 amide bonds. The molecule has 1 aliphatic heterocycles. The number of hydrazone groups is 1. The van der Waals surface area contributed by atoms with Gasteiger partial charge in [0, 0.05) is 22.9 Å². The summed E-state index contributed by atoms with van der Waals surface area (Å²) in [6, 6.07) is 9.04. The number of halogens is 1. The van der Waals surface area contributed by atoms with Gasteiger partial charge in [-0.15, -0.1) is 0 Å². The van der Waals surface area contributed by atoms with Crippen LogP contribution >= 0.6 is 28.1 Å². The molecule has 12 nitrogen and oxygen atoms in total. The number of nitro groups is 1. The molecule has 1 atom stereocenters. The number of para-hydroxylation sites is 1. The van der Waals surface area contributed by atoms with Crippen molar-refractivity contribution in [2.24, 2.45) is 5.10 Å². The number of amides is 1. The third-order valence-electron chi connectivity index (χ3n) is 5.34. The average Bonchev–Trinajstić information content (AvgIpc) is 2.90. The van der Waals surface area contributed by atoms with Crippen LogP contribution in [0.4, 0.5) is 5.69 Å². The first-order valence-corrected chi connectivity index (χ1v) is 13.1. The molecular weight excluding hydrogens is 606 g/mol. The first-order valence-electron chi connectivity index (χ1n) is 11.9. The number of nitrogens with one attached hydrogen (secondary N) is 3. The van der Waals surface area contributed by atoms with Crippen molar-refractivity contribution in [2.45, 2.75) is 19.9 Å². The third-order valence-corrected chi connectivity index (χ3v) is 6.15. The Hall–Kier alpha value is -4.30. The average molecular weight is 632 g/mol. The van der Waals surface area contributed by atoms with E-state index in [9.17, 15) is 19.7 Å². The topological polar surface area (TPSA) is 153 Å². The molecule has 2 aromatic rings. The van der Waals surface area contributed by atoms with Crippen molar-refractivity contribution in [2.75, 3.05) is 19.8 Å². The van der Waals surface area contributed by atoms with Crippen LogP contribution in [0.2, 0.25) is 0 Å². The van der Waals surface area contributed by atoms with Gasteiger partial charge in [-0.3, -0.25) is 14.9 Å². The molecule has 0 bridgehead atoms. The van der Waals surface area contributed by atoms with Gasteiger partial charge in [-0.1, -0.05) is 30.9 Å². The zero-order chi connectivity index (χ0) is 29.2. The van der Waals surface area contributed by atoms with E-state index in [1.165, 1.54) is 18.4 Å². The van der Waals surface area contributed by atoms with Crippen LogP contribution in [0, 0.1) is 10.1 Å². The molecule has 14 heteroatoms. The number of allylic oxidation sites excluding steroid dienone is 1. The Morgan fingerprint density at radius 1 is 1.30 bits per heavy atom. The zero-order valence-corrected chi connectivity index (χ0v) is 24.0. The van der Waals surface area contributed by atoms with Crippen LogP contribution in [-0.4, -0.2) is 47.9 Å². The van der Waals surface area contributed by atoms with Crippen molar-refractivity contribution in [3.8, 4) is 11.5 Å². The van der Waals surface area contributed by atoms with E-state index in [0.29, 0.717) is 37.7 Å². The van der Waals surface area contributed by atoms with Gasteiger partial charge >= 0.3 is 11.7 Å².